The standard InChI is InChI=1S/C12H11NOS/c1-3-10(12-5-13-8-15-12)4-2-9(1)11-6-14-7-11/h1-5,8,11H,6-7H2. The van der Waals surface area contributed by atoms with Crippen LogP contribution in [0.4, 0.5) is 0 Å². The molecule has 1 aliphatic rings. The van der Waals surface area contributed by atoms with Crippen LogP contribution >= 0.6 is 11.3 Å². The maximum atomic E-state index is 5.18. The van der Waals surface area contributed by atoms with E-state index in [1.54, 1.807) is 11.3 Å². The van der Waals surface area contributed by atoms with Gasteiger partial charge in [0.25, 0.3) is 0 Å². The molecule has 1 aromatic heterocycles. The van der Waals surface area contributed by atoms with Crippen LogP contribution in [0.3, 0.4) is 0 Å². The molecule has 0 saturated carbocycles. The highest BCUT2D eigenvalue weighted by molar-refractivity contribution is 7.13. The van der Waals surface area contributed by atoms with Crippen molar-refractivity contribution in [3.63, 3.8) is 0 Å². The summed E-state index contributed by atoms with van der Waals surface area (Å²) >= 11 is 1.67. The maximum Gasteiger partial charge on any atom is 0.0797 e. The van der Waals surface area contributed by atoms with Gasteiger partial charge in [0.1, 0.15) is 0 Å². The Morgan fingerprint density at radius 2 is 2.00 bits per heavy atom. The second kappa shape index (κ2) is 3.76. The minimum Gasteiger partial charge on any atom is -0.380 e. The predicted molar refractivity (Wildman–Crippen MR) is 61.1 cm³/mol. The third-order valence-corrected chi connectivity index (χ3v) is 3.56. The maximum absolute atomic E-state index is 5.18. The number of aromatic nitrogens is 1. The van der Waals surface area contributed by atoms with Crippen molar-refractivity contribution in [1.29, 1.82) is 0 Å². The Bertz CT molecular complexity index is 431. The molecule has 0 bridgehead atoms. The van der Waals surface area contributed by atoms with Crippen LogP contribution in [0.5, 0.6) is 0 Å². The summed E-state index contributed by atoms with van der Waals surface area (Å²) in [6.45, 7) is 1.75. The van der Waals surface area contributed by atoms with Crippen LogP contribution in [0.2, 0.25) is 0 Å². The van der Waals surface area contributed by atoms with Gasteiger partial charge in [0.05, 0.1) is 23.6 Å². The lowest BCUT2D eigenvalue weighted by Crippen LogP contribution is -2.24. The largest absolute Gasteiger partial charge is 0.380 e. The molecular formula is C12H11NOS. The van der Waals surface area contributed by atoms with E-state index in [0.717, 1.165) is 13.2 Å². The van der Waals surface area contributed by atoms with Crippen LogP contribution in [0.1, 0.15) is 11.5 Å². The molecule has 3 rings (SSSR count). The van der Waals surface area contributed by atoms with Gasteiger partial charge in [-0.15, -0.1) is 11.3 Å². The normalized spacial score (nSPS) is 16.3. The summed E-state index contributed by atoms with van der Waals surface area (Å²) in [4.78, 5) is 5.31. The summed E-state index contributed by atoms with van der Waals surface area (Å²) in [5, 5.41) is 0. The summed E-state index contributed by atoms with van der Waals surface area (Å²) < 4.78 is 5.18. The minimum absolute atomic E-state index is 0.612. The van der Waals surface area contributed by atoms with Crippen molar-refractivity contribution in [1.82, 2.24) is 4.98 Å². The fraction of sp³-hybridized carbons (Fsp3) is 0.250. The van der Waals surface area contributed by atoms with Crippen LogP contribution in [0, 0.1) is 0 Å². The van der Waals surface area contributed by atoms with E-state index in [1.165, 1.54) is 16.0 Å². The van der Waals surface area contributed by atoms with E-state index in [-0.39, 0.29) is 0 Å². The molecule has 3 heteroatoms. The van der Waals surface area contributed by atoms with Gasteiger partial charge in [0.2, 0.25) is 0 Å². The highest BCUT2D eigenvalue weighted by atomic mass is 32.1. The number of ether oxygens (including phenoxy) is 1. The van der Waals surface area contributed by atoms with E-state index in [2.05, 4.69) is 29.2 Å². The van der Waals surface area contributed by atoms with Crippen molar-refractivity contribution in [2.24, 2.45) is 0 Å². The molecule has 0 N–H and O–H groups in total. The van der Waals surface area contributed by atoms with Gasteiger partial charge in [0, 0.05) is 12.1 Å². The summed E-state index contributed by atoms with van der Waals surface area (Å²) in [5.41, 5.74) is 4.50. The van der Waals surface area contributed by atoms with Crippen LogP contribution in [0.25, 0.3) is 10.4 Å². The van der Waals surface area contributed by atoms with Gasteiger partial charge in [-0.1, -0.05) is 24.3 Å². The van der Waals surface area contributed by atoms with E-state index < -0.39 is 0 Å². The molecular weight excluding hydrogens is 206 g/mol. The summed E-state index contributed by atoms with van der Waals surface area (Å²) in [7, 11) is 0. The number of hydrogen-bond donors (Lipinski definition) is 0. The Morgan fingerprint density at radius 3 is 2.53 bits per heavy atom. The van der Waals surface area contributed by atoms with Crippen LogP contribution in [-0.2, 0) is 4.74 Å². The molecule has 2 aromatic rings. The summed E-state index contributed by atoms with van der Waals surface area (Å²) in [6, 6.07) is 8.73. The lowest BCUT2D eigenvalue weighted by molar-refractivity contribution is 0.00843. The Hall–Kier alpha value is -1.19. The van der Waals surface area contributed by atoms with Crippen LogP contribution in [-0.4, -0.2) is 18.2 Å². The zero-order valence-electron chi connectivity index (χ0n) is 8.22. The highest BCUT2D eigenvalue weighted by Crippen LogP contribution is 2.28. The molecule has 1 aromatic carbocycles. The average molecular weight is 217 g/mol. The molecule has 76 valence electrons. The summed E-state index contributed by atoms with van der Waals surface area (Å²) in [6.07, 6.45) is 1.91. The number of hydrogen-bond acceptors (Lipinski definition) is 3. The lowest BCUT2D eigenvalue weighted by atomic mass is 9.96. The fourth-order valence-corrected chi connectivity index (χ4v) is 2.34. The smallest absolute Gasteiger partial charge is 0.0797 e. The summed E-state index contributed by atoms with van der Waals surface area (Å²) in [5.74, 6) is 0.612. The van der Waals surface area contributed by atoms with E-state index in [9.17, 15) is 0 Å². The van der Waals surface area contributed by atoms with Gasteiger partial charge in [0.15, 0.2) is 0 Å². The highest BCUT2D eigenvalue weighted by Gasteiger charge is 2.19. The van der Waals surface area contributed by atoms with Crippen molar-refractivity contribution < 1.29 is 4.74 Å². The van der Waals surface area contributed by atoms with E-state index in [0.29, 0.717) is 5.92 Å². The molecule has 0 spiro atoms. The molecule has 1 fully saturated rings. The topological polar surface area (TPSA) is 22.1 Å². The molecule has 0 atom stereocenters. The van der Waals surface area contributed by atoms with Crippen molar-refractivity contribution >= 4 is 11.3 Å². The number of rotatable bonds is 2. The van der Waals surface area contributed by atoms with Gasteiger partial charge in [-0.25, -0.2) is 0 Å². The molecule has 0 unspecified atom stereocenters. The molecule has 1 saturated heterocycles. The van der Waals surface area contributed by atoms with Crippen molar-refractivity contribution in [2.45, 2.75) is 5.92 Å². The SMILES string of the molecule is c1ncc(-c2ccc(C3COC3)cc2)s1. The molecule has 0 amide bonds. The van der Waals surface area contributed by atoms with Crippen LogP contribution in [0.15, 0.2) is 36.0 Å². The zero-order chi connectivity index (χ0) is 10.1. The van der Waals surface area contributed by atoms with Crippen LogP contribution < -0.4 is 0 Å². The molecule has 2 nitrogen and oxygen atoms in total. The van der Waals surface area contributed by atoms with Crippen molar-refractivity contribution in [2.75, 3.05) is 13.2 Å². The second-order valence-corrected chi connectivity index (χ2v) is 4.61. The Balaban J connectivity index is 1.87. The molecule has 15 heavy (non-hydrogen) atoms. The van der Waals surface area contributed by atoms with Gasteiger partial charge >= 0.3 is 0 Å². The first-order valence-corrected chi connectivity index (χ1v) is 5.88. The fourth-order valence-electron chi connectivity index (χ4n) is 1.71. The average Bonchev–Trinajstić information content (AvgIpc) is 2.69. The molecule has 0 radical (unpaired) electrons. The zero-order valence-corrected chi connectivity index (χ0v) is 9.04. The molecule has 2 heterocycles. The Labute approximate surface area is 92.6 Å². The number of thiazole rings is 1. The van der Waals surface area contributed by atoms with Gasteiger partial charge in [-0.05, 0) is 11.1 Å². The third kappa shape index (κ3) is 1.68. The molecule has 1 aliphatic heterocycles. The van der Waals surface area contributed by atoms with Crippen molar-refractivity contribution in [3.05, 3.63) is 41.5 Å². The first kappa shape index (κ1) is 9.07. The Morgan fingerprint density at radius 1 is 1.20 bits per heavy atom. The third-order valence-electron chi connectivity index (χ3n) is 2.74. The van der Waals surface area contributed by atoms with E-state index in [1.807, 2.05) is 11.7 Å². The van der Waals surface area contributed by atoms with Gasteiger partial charge in [-0.2, -0.15) is 0 Å². The monoisotopic (exact) mass is 217 g/mol. The van der Waals surface area contributed by atoms with Gasteiger partial charge < -0.3 is 4.74 Å². The van der Waals surface area contributed by atoms with Gasteiger partial charge in [-0.3, -0.25) is 4.98 Å². The van der Waals surface area contributed by atoms with E-state index >= 15 is 0 Å². The first-order chi connectivity index (χ1) is 7.43. The first-order valence-electron chi connectivity index (χ1n) is 5.00. The quantitative estimate of drug-likeness (QED) is 0.771. The van der Waals surface area contributed by atoms with Crippen molar-refractivity contribution in [3.8, 4) is 10.4 Å². The molecule has 0 aliphatic carbocycles. The lowest BCUT2D eigenvalue weighted by Gasteiger charge is -2.26. The minimum atomic E-state index is 0.612. The number of benzene rings is 1. The Kier molecular flexibility index (Phi) is 2.27. The predicted octanol–water partition coefficient (Wildman–Crippen LogP) is 2.92. The number of nitrogens with zero attached hydrogens (tertiary/aromatic N) is 1. The second-order valence-electron chi connectivity index (χ2n) is 3.72. The van der Waals surface area contributed by atoms with E-state index in [4.69, 9.17) is 4.74 Å².